The molecule has 1 N–H and O–H groups in total. The fourth-order valence-corrected chi connectivity index (χ4v) is 3.53. The van der Waals surface area contributed by atoms with E-state index in [2.05, 4.69) is 4.98 Å². The molecule has 1 amide bonds. The van der Waals surface area contributed by atoms with Gasteiger partial charge in [0.15, 0.2) is 5.03 Å². The van der Waals surface area contributed by atoms with Crippen LogP contribution in [-0.4, -0.2) is 34.7 Å². The van der Waals surface area contributed by atoms with Gasteiger partial charge in [-0.25, -0.2) is 14.1 Å². The van der Waals surface area contributed by atoms with E-state index in [4.69, 9.17) is 9.52 Å². The molecule has 0 atom stereocenters. The van der Waals surface area contributed by atoms with Crippen LogP contribution < -0.4 is 0 Å². The number of carboxylic acid groups (broad SMARTS) is 1. The molecule has 2 aromatic rings. The van der Waals surface area contributed by atoms with Gasteiger partial charge in [-0.1, -0.05) is 0 Å². The van der Waals surface area contributed by atoms with Crippen molar-refractivity contribution in [2.24, 2.45) is 0 Å². The normalized spacial score (nSPS) is 16.0. The molecule has 1 aliphatic heterocycles. The van der Waals surface area contributed by atoms with E-state index in [0.29, 0.717) is 4.31 Å². The Hall–Kier alpha value is -2.68. The number of carboxylic acids is 1. The van der Waals surface area contributed by atoms with Gasteiger partial charge in [-0.05, 0) is 18.2 Å². The Bertz CT molecular complexity index is 854. The molecular formula is C12H8N2O6S. The molecule has 9 heteroatoms. The second kappa shape index (κ2) is 4.42. The van der Waals surface area contributed by atoms with Gasteiger partial charge in [-0.3, -0.25) is 4.79 Å². The third-order valence-electron chi connectivity index (χ3n) is 3.02. The topological polar surface area (TPSA) is 118 Å². The SMILES string of the molecule is O=C(O)c1occc1CN1C(=O)c2cccnc2S1(=O)=O. The molecule has 0 radical (unpaired) electrons. The van der Waals surface area contributed by atoms with Crippen LogP contribution in [0.3, 0.4) is 0 Å². The number of rotatable bonds is 3. The van der Waals surface area contributed by atoms with Gasteiger partial charge >= 0.3 is 5.97 Å². The van der Waals surface area contributed by atoms with E-state index in [-0.39, 0.29) is 16.2 Å². The molecule has 3 heterocycles. The highest BCUT2D eigenvalue weighted by molar-refractivity contribution is 7.90. The highest BCUT2D eigenvalue weighted by atomic mass is 32.2. The van der Waals surface area contributed by atoms with E-state index in [9.17, 15) is 18.0 Å². The summed E-state index contributed by atoms with van der Waals surface area (Å²) < 4.78 is 29.9. The van der Waals surface area contributed by atoms with E-state index in [1.807, 2.05) is 0 Å². The number of amides is 1. The van der Waals surface area contributed by atoms with Crippen molar-refractivity contribution in [1.29, 1.82) is 0 Å². The van der Waals surface area contributed by atoms with Crippen molar-refractivity contribution in [2.45, 2.75) is 11.6 Å². The van der Waals surface area contributed by atoms with Gasteiger partial charge in [0.2, 0.25) is 5.76 Å². The number of sulfonamides is 1. The first kappa shape index (κ1) is 13.3. The molecule has 0 bridgehead atoms. The van der Waals surface area contributed by atoms with Crippen LogP contribution in [0.1, 0.15) is 26.5 Å². The maximum Gasteiger partial charge on any atom is 0.372 e. The molecule has 0 saturated carbocycles. The summed E-state index contributed by atoms with van der Waals surface area (Å²) in [5.41, 5.74) is 0.0603. The van der Waals surface area contributed by atoms with E-state index in [1.54, 1.807) is 0 Å². The van der Waals surface area contributed by atoms with Gasteiger partial charge in [-0.15, -0.1) is 0 Å². The summed E-state index contributed by atoms with van der Waals surface area (Å²) in [7, 11) is -4.08. The number of hydrogen-bond donors (Lipinski definition) is 1. The van der Waals surface area contributed by atoms with Crippen molar-refractivity contribution in [3.05, 3.63) is 47.5 Å². The van der Waals surface area contributed by atoms with E-state index in [0.717, 1.165) is 6.26 Å². The lowest BCUT2D eigenvalue weighted by molar-refractivity contribution is 0.0657. The van der Waals surface area contributed by atoms with Crippen LogP contribution in [0.5, 0.6) is 0 Å². The Labute approximate surface area is 118 Å². The third-order valence-corrected chi connectivity index (χ3v) is 4.71. The second-order valence-corrected chi connectivity index (χ2v) is 6.03. The molecule has 8 nitrogen and oxygen atoms in total. The number of carbonyl (C=O) groups excluding carboxylic acids is 1. The predicted molar refractivity (Wildman–Crippen MR) is 67.0 cm³/mol. The summed E-state index contributed by atoms with van der Waals surface area (Å²) in [5.74, 6) is -2.48. The van der Waals surface area contributed by atoms with Crippen LogP contribution in [0.15, 0.2) is 40.1 Å². The number of aromatic carboxylic acids is 1. The van der Waals surface area contributed by atoms with Crippen molar-refractivity contribution < 1.29 is 27.5 Å². The van der Waals surface area contributed by atoms with Gasteiger partial charge in [-0.2, -0.15) is 8.42 Å². The van der Waals surface area contributed by atoms with Crippen LogP contribution in [0.2, 0.25) is 0 Å². The lowest BCUT2D eigenvalue weighted by Crippen LogP contribution is -2.30. The Balaban J connectivity index is 2.04. The number of nitrogens with zero attached hydrogens (tertiary/aromatic N) is 2. The minimum Gasteiger partial charge on any atom is -0.475 e. The number of furan rings is 1. The minimum absolute atomic E-state index is 0.0298. The molecule has 2 aromatic heterocycles. The fraction of sp³-hybridized carbons (Fsp3) is 0.0833. The Kier molecular flexibility index (Phi) is 2.80. The summed E-state index contributed by atoms with van der Waals surface area (Å²) >= 11 is 0. The smallest absolute Gasteiger partial charge is 0.372 e. The van der Waals surface area contributed by atoms with Crippen LogP contribution >= 0.6 is 0 Å². The summed E-state index contributed by atoms with van der Waals surface area (Å²) in [6.45, 7) is -0.421. The van der Waals surface area contributed by atoms with Crippen molar-refractivity contribution >= 4 is 21.9 Å². The number of aromatic nitrogens is 1. The zero-order valence-corrected chi connectivity index (χ0v) is 11.2. The maximum absolute atomic E-state index is 12.3. The third kappa shape index (κ3) is 1.89. The summed E-state index contributed by atoms with van der Waals surface area (Å²) in [5, 5.41) is 8.62. The quantitative estimate of drug-likeness (QED) is 0.887. The van der Waals surface area contributed by atoms with E-state index in [1.165, 1.54) is 24.4 Å². The summed E-state index contributed by atoms with van der Waals surface area (Å²) in [4.78, 5) is 26.8. The Morgan fingerprint density at radius 1 is 1.38 bits per heavy atom. The van der Waals surface area contributed by atoms with E-state index >= 15 is 0 Å². The Morgan fingerprint density at radius 2 is 2.14 bits per heavy atom. The molecule has 0 spiro atoms. The van der Waals surface area contributed by atoms with Gasteiger partial charge in [0, 0.05) is 11.8 Å². The summed E-state index contributed by atoms with van der Waals surface area (Å²) in [6, 6.07) is 4.12. The van der Waals surface area contributed by atoms with Gasteiger partial charge in [0.25, 0.3) is 15.9 Å². The van der Waals surface area contributed by atoms with Crippen LogP contribution in [-0.2, 0) is 16.6 Å². The van der Waals surface area contributed by atoms with Gasteiger partial charge in [0.05, 0.1) is 18.4 Å². The Morgan fingerprint density at radius 3 is 2.81 bits per heavy atom. The maximum atomic E-state index is 12.3. The minimum atomic E-state index is -4.08. The van der Waals surface area contributed by atoms with E-state index < -0.39 is 34.2 Å². The number of carbonyl (C=O) groups is 2. The molecular weight excluding hydrogens is 300 g/mol. The van der Waals surface area contributed by atoms with Gasteiger partial charge < -0.3 is 9.52 Å². The van der Waals surface area contributed by atoms with Crippen molar-refractivity contribution in [3.8, 4) is 0 Å². The molecule has 0 unspecified atom stereocenters. The average molecular weight is 308 g/mol. The number of fused-ring (bicyclic) bond motifs is 1. The molecule has 0 aromatic carbocycles. The monoisotopic (exact) mass is 308 g/mol. The van der Waals surface area contributed by atoms with Crippen molar-refractivity contribution in [2.75, 3.05) is 0 Å². The fourth-order valence-electron chi connectivity index (χ4n) is 2.07. The number of pyridine rings is 1. The lowest BCUT2D eigenvalue weighted by atomic mass is 10.2. The van der Waals surface area contributed by atoms with Crippen LogP contribution in [0.4, 0.5) is 0 Å². The van der Waals surface area contributed by atoms with Crippen LogP contribution in [0, 0.1) is 0 Å². The zero-order chi connectivity index (χ0) is 15.2. The molecule has 0 saturated heterocycles. The summed E-state index contributed by atoms with van der Waals surface area (Å²) in [6.07, 6.45) is 2.39. The zero-order valence-electron chi connectivity index (χ0n) is 10.4. The van der Waals surface area contributed by atoms with Gasteiger partial charge in [0.1, 0.15) is 0 Å². The average Bonchev–Trinajstić information content (AvgIpc) is 2.98. The van der Waals surface area contributed by atoms with Crippen LogP contribution in [0.25, 0.3) is 0 Å². The van der Waals surface area contributed by atoms with Crippen molar-refractivity contribution in [1.82, 2.24) is 9.29 Å². The molecule has 1 aliphatic rings. The molecule has 3 rings (SSSR count). The largest absolute Gasteiger partial charge is 0.475 e. The highest BCUT2D eigenvalue weighted by Crippen LogP contribution is 2.30. The first-order chi connectivity index (χ1) is 9.93. The predicted octanol–water partition coefficient (Wildman–Crippen LogP) is 0.718. The molecule has 0 aliphatic carbocycles. The molecule has 108 valence electrons. The molecule has 0 fully saturated rings. The number of hydrogen-bond acceptors (Lipinski definition) is 6. The first-order valence-electron chi connectivity index (χ1n) is 5.74. The highest BCUT2D eigenvalue weighted by Gasteiger charge is 2.42. The van der Waals surface area contributed by atoms with Crippen molar-refractivity contribution in [3.63, 3.8) is 0 Å². The standard InChI is InChI=1S/C12H8N2O6S/c15-11-8-2-1-4-13-10(8)21(18,19)14(11)6-7-3-5-20-9(7)12(16)17/h1-5H,6H2,(H,16,17). The lowest BCUT2D eigenvalue weighted by Gasteiger charge is -2.13. The first-order valence-corrected chi connectivity index (χ1v) is 7.18. The second-order valence-electron chi connectivity index (χ2n) is 4.25. The molecule has 21 heavy (non-hydrogen) atoms.